The lowest BCUT2D eigenvalue weighted by Crippen LogP contribution is -2.14. The topological polar surface area (TPSA) is 141 Å². The molecule has 0 fully saturated rings. The summed E-state index contributed by atoms with van der Waals surface area (Å²) in [7, 11) is 1.52. The highest BCUT2D eigenvalue weighted by Crippen LogP contribution is 2.37. The summed E-state index contributed by atoms with van der Waals surface area (Å²) < 4.78 is 16.8. The van der Waals surface area contributed by atoms with Crippen molar-refractivity contribution in [2.75, 3.05) is 19.0 Å². The van der Waals surface area contributed by atoms with Crippen molar-refractivity contribution >= 4 is 75.1 Å². The number of nitriles is 1. The van der Waals surface area contributed by atoms with Crippen molar-refractivity contribution in [2.24, 2.45) is 0 Å². The summed E-state index contributed by atoms with van der Waals surface area (Å²) >= 11 is 14.1. The van der Waals surface area contributed by atoms with E-state index < -0.39 is 16.8 Å². The van der Waals surface area contributed by atoms with Crippen LogP contribution in [0, 0.1) is 25.0 Å². The first-order chi connectivity index (χ1) is 18.6. The minimum atomic E-state index is -0.849. The van der Waals surface area contributed by atoms with Crippen LogP contribution in [0.4, 0.5) is 11.4 Å². The van der Waals surface area contributed by atoms with Crippen LogP contribution in [0.1, 0.15) is 22.8 Å². The number of non-ortho nitro benzene ring substituents is 1. The number of carbonyl (C=O) groups is 2. The van der Waals surface area contributed by atoms with Gasteiger partial charge in [-0.15, -0.1) is 0 Å². The third-order valence-corrected chi connectivity index (χ3v) is 6.40. The van der Waals surface area contributed by atoms with Gasteiger partial charge in [0.15, 0.2) is 11.5 Å². The van der Waals surface area contributed by atoms with E-state index in [0.717, 1.165) is 12.1 Å². The highest BCUT2D eigenvalue weighted by atomic mass is 127. The van der Waals surface area contributed by atoms with E-state index in [0.29, 0.717) is 20.4 Å². The number of halogens is 3. The second-order valence-corrected chi connectivity index (χ2v) is 9.52. The minimum Gasteiger partial charge on any atom is -0.497 e. The van der Waals surface area contributed by atoms with Crippen molar-refractivity contribution in [2.45, 2.75) is 6.92 Å². The number of hydrogen-bond acceptors (Lipinski definition) is 8. The molecule has 3 aromatic rings. The van der Waals surface area contributed by atoms with Crippen LogP contribution in [-0.4, -0.2) is 30.5 Å². The Morgan fingerprint density at radius 2 is 1.79 bits per heavy atom. The Bertz CT molecular complexity index is 1500. The number of esters is 1. The molecule has 0 aliphatic rings. The fourth-order valence-corrected chi connectivity index (χ4v) is 4.50. The lowest BCUT2D eigenvalue weighted by atomic mass is 10.1. The number of benzene rings is 3. The van der Waals surface area contributed by atoms with Crippen molar-refractivity contribution in [1.29, 1.82) is 5.26 Å². The molecule has 0 heterocycles. The Morgan fingerprint density at radius 3 is 2.33 bits per heavy atom. The van der Waals surface area contributed by atoms with Gasteiger partial charge in [-0.05, 0) is 77.6 Å². The molecule has 1 N–H and O–H groups in total. The molecule has 0 saturated heterocycles. The number of carbonyl (C=O) groups excluding carboxylic acids is 2. The van der Waals surface area contributed by atoms with E-state index in [-0.39, 0.29) is 45.1 Å². The molecule has 0 unspecified atom stereocenters. The molecule has 0 aromatic heterocycles. The van der Waals surface area contributed by atoms with Crippen LogP contribution in [0.15, 0.2) is 54.1 Å². The van der Waals surface area contributed by atoms with Crippen molar-refractivity contribution < 1.29 is 28.7 Å². The largest absolute Gasteiger partial charge is 0.497 e. The smallest absolute Gasteiger partial charge is 0.343 e. The Hall–Kier alpha value is -3.86. The number of amides is 1. The monoisotopic (exact) mass is 681 g/mol. The van der Waals surface area contributed by atoms with Crippen LogP contribution >= 0.6 is 45.8 Å². The third kappa shape index (κ3) is 7.38. The fraction of sp³-hybridized carbons (Fsp3) is 0.115. The molecule has 3 aromatic carbocycles. The number of hydrogen-bond donors (Lipinski definition) is 1. The first-order valence-electron chi connectivity index (χ1n) is 11.0. The average Bonchev–Trinajstić information content (AvgIpc) is 2.91. The molecule has 0 atom stereocenters. The highest BCUT2D eigenvalue weighted by Gasteiger charge is 2.20. The Kier molecular flexibility index (Phi) is 10.1. The number of ether oxygens (including phenoxy) is 3. The average molecular weight is 682 g/mol. The number of anilines is 1. The molecule has 13 heteroatoms. The van der Waals surface area contributed by atoms with Gasteiger partial charge < -0.3 is 19.5 Å². The molecule has 0 aliphatic heterocycles. The molecule has 0 bridgehead atoms. The predicted molar refractivity (Wildman–Crippen MR) is 154 cm³/mol. The van der Waals surface area contributed by atoms with Gasteiger partial charge in [0.2, 0.25) is 0 Å². The van der Waals surface area contributed by atoms with E-state index in [4.69, 9.17) is 37.4 Å². The van der Waals surface area contributed by atoms with Crippen LogP contribution in [0.25, 0.3) is 6.08 Å². The van der Waals surface area contributed by atoms with E-state index in [1.807, 2.05) is 22.6 Å². The third-order valence-electron chi connectivity index (χ3n) is 5.00. The standard InChI is InChI=1S/C26H18Cl2IN3O7/c1-3-38-22-10-14(9-21(29)24(22)39-26(34)15-4-6-18(37-2)7-5-15)8-16(13-30)25(33)31-23-19(27)11-17(32(35)36)12-20(23)28/h4-12H,3H2,1-2H3,(H,31,33)/b16-8+. The lowest BCUT2D eigenvalue weighted by molar-refractivity contribution is -0.384. The first-order valence-corrected chi connectivity index (χ1v) is 12.8. The molecule has 1 amide bonds. The molecule has 3 rings (SSSR count). The highest BCUT2D eigenvalue weighted by molar-refractivity contribution is 14.1. The van der Waals surface area contributed by atoms with Crippen molar-refractivity contribution in [3.8, 4) is 23.3 Å². The first kappa shape index (κ1) is 29.7. The number of nitrogens with one attached hydrogen (secondary N) is 1. The van der Waals surface area contributed by atoms with Gasteiger partial charge in [-0.3, -0.25) is 14.9 Å². The number of methoxy groups -OCH3 is 1. The van der Waals surface area contributed by atoms with Crippen LogP contribution in [0.3, 0.4) is 0 Å². The zero-order valence-electron chi connectivity index (χ0n) is 20.3. The van der Waals surface area contributed by atoms with Crippen molar-refractivity contribution in [3.05, 3.63) is 89.0 Å². The summed E-state index contributed by atoms with van der Waals surface area (Å²) in [6.07, 6.45) is 1.29. The number of nitro groups is 1. The number of rotatable bonds is 9. The van der Waals surface area contributed by atoms with E-state index in [1.165, 1.54) is 19.3 Å². The molecule has 0 radical (unpaired) electrons. The minimum absolute atomic E-state index is 0.0829. The lowest BCUT2D eigenvalue weighted by Gasteiger charge is -2.14. The zero-order valence-corrected chi connectivity index (χ0v) is 24.0. The maximum absolute atomic E-state index is 12.8. The summed E-state index contributed by atoms with van der Waals surface area (Å²) in [5.74, 6) is -0.492. The van der Waals surface area contributed by atoms with Gasteiger partial charge in [0.1, 0.15) is 17.4 Å². The summed E-state index contributed by atoms with van der Waals surface area (Å²) in [4.78, 5) is 35.8. The molecule has 0 saturated carbocycles. The van der Waals surface area contributed by atoms with Gasteiger partial charge in [-0.25, -0.2) is 4.79 Å². The summed E-state index contributed by atoms with van der Waals surface area (Å²) in [6, 6.07) is 13.4. The second-order valence-electron chi connectivity index (χ2n) is 7.55. The van der Waals surface area contributed by atoms with E-state index in [1.54, 1.807) is 43.3 Å². The molecular formula is C26H18Cl2IN3O7. The van der Waals surface area contributed by atoms with Crippen molar-refractivity contribution in [3.63, 3.8) is 0 Å². The summed E-state index contributed by atoms with van der Waals surface area (Å²) in [5, 5.41) is 22.7. The Morgan fingerprint density at radius 1 is 1.15 bits per heavy atom. The summed E-state index contributed by atoms with van der Waals surface area (Å²) in [5.41, 5.74) is -0.0586. The van der Waals surface area contributed by atoms with Gasteiger partial charge in [0, 0.05) is 12.1 Å². The molecule has 0 aliphatic carbocycles. The van der Waals surface area contributed by atoms with E-state index >= 15 is 0 Å². The Labute approximate surface area is 246 Å². The molecule has 10 nitrogen and oxygen atoms in total. The maximum Gasteiger partial charge on any atom is 0.343 e. The van der Waals surface area contributed by atoms with Crippen LogP contribution in [-0.2, 0) is 4.79 Å². The summed E-state index contributed by atoms with van der Waals surface area (Å²) in [6.45, 7) is 2.00. The quantitative estimate of drug-likeness (QED) is 0.0502. The molecule has 0 spiro atoms. The van der Waals surface area contributed by atoms with E-state index in [9.17, 15) is 25.0 Å². The van der Waals surface area contributed by atoms with Crippen LogP contribution in [0.2, 0.25) is 10.0 Å². The SMILES string of the molecule is CCOc1cc(/C=C(\C#N)C(=O)Nc2c(Cl)cc([N+](=O)[O-])cc2Cl)cc(I)c1OC(=O)c1ccc(OC)cc1. The van der Waals surface area contributed by atoms with Gasteiger partial charge in [0.25, 0.3) is 11.6 Å². The number of nitro benzene ring substituents is 1. The normalized spacial score (nSPS) is 10.8. The molecule has 200 valence electrons. The molecule has 39 heavy (non-hydrogen) atoms. The predicted octanol–water partition coefficient (Wildman–Crippen LogP) is 6.68. The second kappa shape index (κ2) is 13.3. The van der Waals surface area contributed by atoms with Crippen LogP contribution in [0.5, 0.6) is 17.2 Å². The fourth-order valence-electron chi connectivity index (χ4n) is 3.19. The van der Waals surface area contributed by atoms with Gasteiger partial charge in [0.05, 0.1) is 43.5 Å². The zero-order chi connectivity index (χ0) is 28.7. The van der Waals surface area contributed by atoms with Gasteiger partial charge in [-0.2, -0.15) is 5.26 Å². The molecular weight excluding hydrogens is 664 g/mol. The van der Waals surface area contributed by atoms with Gasteiger partial charge >= 0.3 is 5.97 Å². The Balaban J connectivity index is 1.90. The maximum atomic E-state index is 12.8. The van der Waals surface area contributed by atoms with Gasteiger partial charge in [-0.1, -0.05) is 23.2 Å². The van der Waals surface area contributed by atoms with Crippen molar-refractivity contribution in [1.82, 2.24) is 0 Å². The number of nitrogens with zero attached hydrogens (tertiary/aromatic N) is 2. The van der Waals surface area contributed by atoms with E-state index in [2.05, 4.69) is 5.32 Å². The van der Waals surface area contributed by atoms with Crippen LogP contribution < -0.4 is 19.5 Å².